The Hall–Kier alpha value is -1.57. The summed E-state index contributed by atoms with van der Waals surface area (Å²) in [6, 6.07) is 9.98. The third-order valence-electron chi connectivity index (χ3n) is 3.75. The van der Waals surface area contributed by atoms with Crippen LogP contribution in [-0.4, -0.2) is 19.8 Å². The lowest BCUT2D eigenvalue weighted by Crippen LogP contribution is -2.31. The molecule has 0 fully saturated rings. The molecule has 0 saturated heterocycles. The van der Waals surface area contributed by atoms with E-state index in [1.807, 2.05) is 0 Å². The van der Waals surface area contributed by atoms with E-state index in [1.165, 1.54) is 13.1 Å². The average molecular weight is 378 g/mol. The first-order valence-corrected chi connectivity index (χ1v) is 8.77. The van der Waals surface area contributed by atoms with Crippen molar-refractivity contribution in [2.45, 2.75) is 24.0 Å². The van der Waals surface area contributed by atoms with E-state index in [-0.39, 0.29) is 0 Å². The van der Waals surface area contributed by atoms with Crippen LogP contribution in [-0.2, 0) is 16.2 Å². The van der Waals surface area contributed by atoms with E-state index in [0.29, 0.717) is 10.6 Å². The molecule has 0 spiro atoms. The summed E-state index contributed by atoms with van der Waals surface area (Å²) in [4.78, 5) is -0.779. The van der Waals surface area contributed by atoms with Crippen LogP contribution in [0.3, 0.4) is 0 Å². The Morgan fingerprint density at radius 1 is 1.04 bits per heavy atom. The summed E-state index contributed by atoms with van der Waals surface area (Å²) in [5, 5.41) is 0.344. The second-order valence-electron chi connectivity index (χ2n) is 5.21. The van der Waals surface area contributed by atoms with E-state index in [9.17, 15) is 21.6 Å². The highest BCUT2D eigenvalue weighted by Crippen LogP contribution is 2.37. The maximum absolute atomic E-state index is 13.1. The molecule has 2 aromatic rings. The monoisotopic (exact) mass is 377 g/mol. The van der Waals surface area contributed by atoms with E-state index < -0.39 is 32.7 Å². The molecule has 0 aliphatic carbocycles. The van der Waals surface area contributed by atoms with Gasteiger partial charge in [0.2, 0.25) is 10.0 Å². The molecular formula is C16H15ClF3NO2S. The maximum atomic E-state index is 13.1. The third-order valence-corrected chi connectivity index (χ3v) is 6.08. The molecule has 0 saturated carbocycles. The van der Waals surface area contributed by atoms with Gasteiger partial charge in [0.25, 0.3) is 0 Å². The molecule has 2 rings (SSSR count). The molecule has 0 aliphatic heterocycles. The Balaban J connectivity index is 2.50. The molecular weight excluding hydrogens is 363 g/mol. The quantitative estimate of drug-likeness (QED) is 0.771. The molecule has 130 valence electrons. The zero-order valence-electron chi connectivity index (χ0n) is 12.9. The number of hydrogen-bond acceptors (Lipinski definition) is 2. The van der Waals surface area contributed by atoms with Crippen molar-refractivity contribution in [1.82, 2.24) is 4.31 Å². The summed E-state index contributed by atoms with van der Waals surface area (Å²) in [6.07, 6.45) is -4.77. The van der Waals surface area contributed by atoms with Gasteiger partial charge in [0.05, 0.1) is 10.5 Å². The molecule has 0 heterocycles. The number of halogens is 4. The molecule has 0 bridgehead atoms. The van der Waals surface area contributed by atoms with Crippen molar-refractivity contribution in [3.8, 4) is 0 Å². The fourth-order valence-corrected chi connectivity index (χ4v) is 4.14. The molecule has 0 aliphatic rings. The number of rotatable bonds is 4. The van der Waals surface area contributed by atoms with E-state index in [1.54, 1.807) is 31.2 Å². The van der Waals surface area contributed by atoms with Crippen LogP contribution in [0.5, 0.6) is 0 Å². The maximum Gasteiger partial charge on any atom is 0.417 e. The normalized spacial score (nSPS) is 14.0. The number of alkyl halides is 3. The predicted molar refractivity (Wildman–Crippen MR) is 86.3 cm³/mol. The Morgan fingerprint density at radius 3 is 2.17 bits per heavy atom. The fourth-order valence-electron chi connectivity index (χ4n) is 2.30. The van der Waals surface area contributed by atoms with Crippen molar-refractivity contribution >= 4 is 21.6 Å². The molecule has 3 nitrogen and oxygen atoms in total. The summed E-state index contributed by atoms with van der Waals surface area (Å²) in [7, 11) is -3.13. The van der Waals surface area contributed by atoms with Gasteiger partial charge in [0, 0.05) is 18.1 Å². The molecule has 24 heavy (non-hydrogen) atoms. The minimum atomic E-state index is -4.77. The van der Waals surface area contributed by atoms with Gasteiger partial charge < -0.3 is 0 Å². The van der Waals surface area contributed by atoms with Gasteiger partial charge in [-0.25, -0.2) is 8.42 Å². The summed E-state index contributed by atoms with van der Waals surface area (Å²) in [6.45, 7) is 1.56. The van der Waals surface area contributed by atoms with Gasteiger partial charge in [0.1, 0.15) is 0 Å². The van der Waals surface area contributed by atoms with Gasteiger partial charge in [-0.1, -0.05) is 41.9 Å². The second-order valence-corrected chi connectivity index (χ2v) is 7.59. The number of nitrogens with zero attached hydrogens (tertiary/aromatic N) is 1. The molecule has 1 atom stereocenters. The fraction of sp³-hybridized carbons (Fsp3) is 0.250. The standard InChI is InChI=1S/C16H15ClF3NO2S/c1-11(12-7-3-5-9-14(12)17)21(2)24(22,23)15-10-6-4-8-13(15)16(18,19)20/h3-11H,1-2H3. The van der Waals surface area contributed by atoms with Crippen molar-refractivity contribution in [2.75, 3.05) is 7.05 Å². The van der Waals surface area contributed by atoms with Crippen molar-refractivity contribution in [3.63, 3.8) is 0 Å². The number of sulfonamides is 1. The Morgan fingerprint density at radius 2 is 1.58 bits per heavy atom. The molecule has 0 aromatic heterocycles. The van der Waals surface area contributed by atoms with Gasteiger partial charge in [-0.05, 0) is 30.7 Å². The highest BCUT2D eigenvalue weighted by atomic mass is 35.5. The van der Waals surface area contributed by atoms with Gasteiger partial charge >= 0.3 is 6.18 Å². The largest absolute Gasteiger partial charge is 0.417 e. The third kappa shape index (κ3) is 3.58. The average Bonchev–Trinajstić information content (AvgIpc) is 2.53. The smallest absolute Gasteiger partial charge is 0.207 e. The van der Waals surface area contributed by atoms with E-state index in [4.69, 9.17) is 11.6 Å². The summed E-state index contributed by atoms with van der Waals surface area (Å²) < 4.78 is 65.7. The van der Waals surface area contributed by atoms with Crippen LogP contribution in [0.15, 0.2) is 53.4 Å². The lowest BCUT2D eigenvalue weighted by Gasteiger charge is -2.26. The first-order chi connectivity index (χ1) is 11.1. The molecule has 0 N–H and O–H groups in total. The zero-order chi connectivity index (χ0) is 18.1. The molecule has 1 unspecified atom stereocenters. The lowest BCUT2D eigenvalue weighted by atomic mass is 10.1. The highest BCUT2D eigenvalue weighted by Gasteiger charge is 2.39. The van der Waals surface area contributed by atoms with Crippen LogP contribution in [0.25, 0.3) is 0 Å². The Kier molecular flexibility index (Phi) is 5.27. The first kappa shape index (κ1) is 18.8. The second kappa shape index (κ2) is 6.74. The van der Waals surface area contributed by atoms with Crippen LogP contribution in [0, 0.1) is 0 Å². The zero-order valence-corrected chi connectivity index (χ0v) is 14.5. The Labute approximate surface area is 143 Å². The predicted octanol–water partition coefficient (Wildman–Crippen LogP) is 4.74. The topological polar surface area (TPSA) is 37.4 Å². The van der Waals surface area contributed by atoms with Gasteiger partial charge in [-0.2, -0.15) is 17.5 Å². The van der Waals surface area contributed by atoms with E-state index >= 15 is 0 Å². The summed E-state index contributed by atoms with van der Waals surface area (Å²) in [5.74, 6) is 0. The van der Waals surface area contributed by atoms with Crippen LogP contribution in [0.4, 0.5) is 13.2 Å². The van der Waals surface area contributed by atoms with Crippen molar-refractivity contribution < 1.29 is 21.6 Å². The van der Waals surface area contributed by atoms with Crippen LogP contribution in [0.2, 0.25) is 5.02 Å². The minimum Gasteiger partial charge on any atom is -0.207 e. The molecule has 0 amide bonds. The number of hydrogen-bond donors (Lipinski definition) is 0. The summed E-state index contributed by atoms with van der Waals surface area (Å²) >= 11 is 6.06. The van der Waals surface area contributed by atoms with Gasteiger partial charge in [-0.3, -0.25) is 0 Å². The minimum absolute atomic E-state index is 0.344. The van der Waals surface area contributed by atoms with Gasteiger partial charge in [0.15, 0.2) is 0 Å². The van der Waals surface area contributed by atoms with Crippen LogP contribution in [0.1, 0.15) is 24.1 Å². The van der Waals surface area contributed by atoms with Crippen molar-refractivity contribution in [1.29, 1.82) is 0 Å². The van der Waals surface area contributed by atoms with Crippen LogP contribution < -0.4 is 0 Å². The van der Waals surface area contributed by atoms with Crippen molar-refractivity contribution in [3.05, 3.63) is 64.7 Å². The lowest BCUT2D eigenvalue weighted by molar-refractivity contribution is -0.139. The molecule has 0 radical (unpaired) electrons. The summed E-state index contributed by atoms with van der Waals surface area (Å²) in [5.41, 5.74) is -0.682. The molecule has 2 aromatic carbocycles. The first-order valence-electron chi connectivity index (χ1n) is 6.95. The Bertz CT molecular complexity index is 837. The highest BCUT2D eigenvalue weighted by molar-refractivity contribution is 7.89. The SMILES string of the molecule is CC(c1ccccc1Cl)N(C)S(=O)(=O)c1ccccc1C(F)(F)F. The van der Waals surface area contributed by atoms with E-state index in [2.05, 4.69) is 0 Å². The molecule has 8 heteroatoms. The van der Waals surface area contributed by atoms with Crippen LogP contribution >= 0.6 is 11.6 Å². The number of benzene rings is 2. The van der Waals surface area contributed by atoms with E-state index in [0.717, 1.165) is 22.5 Å². The van der Waals surface area contributed by atoms with Crippen molar-refractivity contribution in [2.24, 2.45) is 0 Å². The van der Waals surface area contributed by atoms with Gasteiger partial charge in [-0.15, -0.1) is 0 Å².